The van der Waals surface area contributed by atoms with Crippen LogP contribution < -0.4 is 5.32 Å². The Morgan fingerprint density at radius 1 is 1.39 bits per heavy atom. The van der Waals surface area contributed by atoms with E-state index < -0.39 is 0 Å². The minimum Gasteiger partial charge on any atom is -0.351 e. The van der Waals surface area contributed by atoms with Gasteiger partial charge in [0.15, 0.2) is 10.9 Å². The summed E-state index contributed by atoms with van der Waals surface area (Å²) in [4.78, 5) is 12.0. The van der Waals surface area contributed by atoms with Gasteiger partial charge in [-0.2, -0.15) is 0 Å². The summed E-state index contributed by atoms with van der Waals surface area (Å²) in [6.45, 7) is 1.40. The molecule has 2 aromatic heterocycles. The van der Waals surface area contributed by atoms with Crippen molar-refractivity contribution in [3.05, 3.63) is 58.3 Å². The zero-order chi connectivity index (χ0) is 16.2. The van der Waals surface area contributed by atoms with Crippen LogP contribution in [0.3, 0.4) is 0 Å². The van der Waals surface area contributed by atoms with E-state index in [2.05, 4.69) is 20.2 Å². The molecule has 0 bridgehead atoms. The molecule has 0 radical (unpaired) electrons. The summed E-state index contributed by atoms with van der Waals surface area (Å²) in [7, 11) is 3.79. The Morgan fingerprint density at radius 3 is 2.87 bits per heavy atom. The summed E-state index contributed by atoms with van der Waals surface area (Å²) in [5, 5.41) is 6.12. The first-order chi connectivity index (χ1) is 11.2. The van der Waals surface area contributed by atoms with Crippen molar-refractivity contribution in [2.24, 2.45) is 4.99 Å². The van der Waals surface area contributed by atoms with Gasteiger partial charge in [-0.05, 0) is 17.7 Å². The van der Waals surface area contributed by atoms with Crippen molar-refractivity contribution in [3.8, 4) is 0 Å². The number of aliphatic imine (C=N–C) groups is 1. The van der Waals surface area contributed by atoms with E-state index in [0.29, 0.717) is 6.54 Å². The van der Waals surface area contributed by atoms with Crippen LogP contribution in [0.4, 0.5) is 0 Å². The van der Waals surface area contributed by atoms with Crippen LogP contribution in [-0.4, -0.2) is 34.3 Å². The number of rotatable bonds is 4. The zero-order valence-electron chi connectivity index (χ0n) is 13.0. The van der Waals surface area contributed by atoms with E-state index in [0.717, 1.165) is 28.2 Å². The molecular weight excluding hydrogens is 330 g/mol. The lowest BCUT2D eigenvalue weighted by atomic mass is 10.2. The molecule has 0 saturated heterocycles. The van der Waals surface area contributed by atoms with Gasteiger partial charge < -0.3 is 10.2 Å². The molecule has 23 heavy (non-hydrogen) atoms. The Balaban J connectivity index is 1.60. The molecule has 7 heteroatoms. The van der Waals surface area contributed by atoms with Crippen LogP contribution in [0.2, 0.25) is 5.02 Å². The van der Waals surface area contributed by atoms with Gasteiger partial charge in [-0.3, -0.25) is 9.39 Å². The van der Waals surface area contributed by atoms with Crippen molar-refractivity contribution in [2.75, 3.05) is 14.1 Å². The van der Waals surface area contributed by atoms with Crippen LogP contribution >= 0.6 is 22.9 Å². The monoisotopic (exact) mass is 347 g/mol. The first-order valence-corrected chi connectivity index (χ1v) is 8.49. The average molecular weight is 348 g/mol. The topological polar surface area (TPSA) is 44.9 Å². The molecule has 0 fully saturated rings. The lowest BCUT2D eigenvalue weighted by molar-refractivity contribution is 0.476. The van der Waals surface area contributed by atoms with Gasteiger partial charge in [-0.25, -0.2) is 4.98 Å². The van der Waals surface area contributed by atoms with Crippen molar-refractivity contribution in [1.82, 2.24) is 19.6 Å². The molecule has 0 aliphatic rings. The van der Waals surface area contributed by atoms with E-state index in [9.17, 15) is 0 Å². The number of aromatic nitrogens is 2. The first-order valence-electron chi connectivity index (χ1n) is 7.23. The predicted molar refractivity (Wildman–Crippen MR) is 96.2 cm³/mol. The van der Waals surface area contributed by atoms with E-state index in [4.69, 9.17) is 11.6 Å². The highest BCUT2D eigenvalue weighted by atomic mass is 35.5. The number of guanidine groups is 1. The first kappa shape index (κ1) is 15.8. The number of halogens is 1. The Hall–Kier alpha value is -2.05. The van der Waals surface area contributed by atoms with Gasteiger partial charge in [0.25, 0.3) is 0 Å². The second-order valence-corrected chi connectivity index (χ2v) is 6.52. The third-order valence-electron chi connectivity index (χ3n) is 3.48. The molecule has 0 saturated carbocycles. The maximum absolute atomic E-state index is 5.92. The summed E-state index contributed by atoms with van der Waals surface area (Å²) >= 11 is 7.55. The summed E-state index contributed by atoms with van der Waals surface area (Å²) in [6, 6.07) is 7.85. The normalized spacial score (nSPS) is 11.9. The molecule has 0 aliphatic heterocycles. The third-order valence-corrected chi connectivity index (χ3v) is 4.50. The highest BCUT2D eigenvalue weighted by Crippen LogP contribution is 2.12. The van der Waals surface area contributed by atoms with Crippen molar-refractivity contribution in [1.29, 1.82) is 0 Å². The lowest BCUT2D eigenvalue weighted by Gasteiger charge is -2.21. The molecule has 120 valence electrons. The number of fused-ring (bicyclic) bond motifs is 1. The van der Waals surface area contributed by atoms with E-state index in [1.807, 2.05) is 53.5 Å². The fourth-order valence-electron chi connectivity index (χ4n) is 2.35. The maximum Gasteiger partial charge on any atom is 0.194 e. The molecule has 0 spiro atoms. The number of thiazole rings is 1. The minimum absolute atomic E-state index is 0.645. The number of hydrogen-bond acceptors (Lipinski definition) is 3. The Kier molecular flexibility index (Phi) is 4.83. The summed E-state index contributed by atoms with van der Waals surface area (Å²) in [5.41, 5.74) is 2.18. The zero-order valence-corrected chi connectivity index (χ0v) is 14.6. The second-order valence-electron chi connectivity index (χ2n) is 5.21. The van der Waals surface area contributed by atoms with Crippen molar-refractivity contribution in [2.45, 2.75) is 13.1 Å². The average Bonchev–Trinajstić information content (AvgIpc) is 3.11. The van der Waals surface area contributed by atoms with Crippen molar-refractivity contribution < 1.29 is 0 Å². The Labute approximate surface area is 144 Å². The SMILES string of the molecule is CN=C(NCc1cn2ccsc2n1)N(C)Cc1ccc(Cl)cc1. The fraction of sp³-hybridized carbons (Fsp3) is 0.250. The quantitative estimate of drug-likeness (QED) is 0.582. The number of nitrogens with zero attached hydrogens (tertiary/aromatic N) is 4. The van der Waals surface area contributed by atoms with Crippen LogP contribution in [0.15, 0.2) is 47.0 Å². The maximum atomic E-state index is 5.92. The minimum atomic E-state index is 0.645. The van der Waals surface area contributed by atoms with Crippen LogP contribution in [0, 0.1) is 0 Å². The molecule has 1 N–H and O–H groups in total. The van der Waals surface area contributed by atoms with Gasteiger partial charge in [-0.15, -0.1) is 11.3 Å². The van der Waals surface area contributed by atoms with E-state index >= 15 is 0 Å². The number of nitrogens with one attached hydrogen (secondary N) is 1. The lowest BCUT2D eigenvalue weighted by Crippen LogP contribution is -2.38. The third kappa shape index (κ3) is 3.83. The largest absolute Gasteiger partial charge is 0.351 e. The Morgan fingerprint density at radius 2 is 2.17 bits per heavy atom. The number of benzene rings is 1. The highest BCUT2D eigenvalue weighted by Gasteiger charge is 2.08. The van der Waals surface area contributed by atoms with E-state index in [1.54, 1.807) is 18.4 Å². The molecule has 0 atom stereocenters. The molecular formula is C16H18ClN5S. The van der Waals surface area contributed by atoms with Crippen LogP contribution in [-0.2, 0) is 13.1 Å². The van der Waals surface area contributed by atoms with Crippen LogP contribution in [0.1, 0.15) is 11.3 Å². The smallest absolute Gasteiger partial charge is 0.194 e. The van der Waals surface area contributed by atoms with Gasteiger partial charge >= 0.3 is 0 Å². The van der Waals surface area contributed by atoms with Crippen molar-refractivity contribution in [3.63, 3.8) is 0 Å². The fourth-order valence-corrected chi connectivity index (χ4v) is 3.20. The van der Waals surface area contributed by atoms with Gasteiger partial charge in [-0.1, -0.05) is 23.7 Å². The molecule has 2 heterocycles. The highest BCUT2D eigenvalue weighted by molar-refractivity contribution is 7.15. The van der Waals surface area contributed by atoms with Crippen LogP contribution in [0.25, 0.3) is 4.96 Å². The Bertz CT molecular complexity index is 777. The summed E-state index contributed by atoms with van der Waals surface area (Å²) in [5.74, 6) is 0.830. The van der Waals surface area contributed by atoms with E-state index in [-0.39, 0.29) is 0 Å². The summed E-state index contributed by atoms with van der Waals surface area (Å²) in [6.07, 6.45) is 4.04. The molecule has 1 aromatic carbocycles. The summed E-state index contributed by atoms with van der Waals surface area (Å²) < 4.78 is 2.03. The van der Waals surface area contributed by atoms with Crippen LogP contribution in [0.5, 0.6) is 0 Å². The van der Waals surface area contributed by atoms with Gasteiger partial charge in [0, 0.05) is 43.4 Å². The van der Waals surface area contributed by atoms with Gasteiger partial charge in [0.05, 0.1) is 12.2 Å². The number of hydrogen-bond donors (Lipinski definition) is 1. The van der Waals surface area contributed by atoms with Gasteiger partial charge in [0.1, 0.15) is 0 Å². The van der Waals surface area contributed by atoms with E-state index in [1.165, 1.54) is 5.56 Å². The molecule has 5 nitrogen and oxygen atoms in total. The molecule has 0 amide bonds. The standard InChI is InChI=1S/C16H18ClN5S/c1-18-15(21(2)10-12-3-5-13(17)6-4-12)19-9-14-11-22-7-8-23-16(22)20-14/h3-8,11H,9-10H2,1-2H3,(H,18,19). The second kappa shape index (κ2) is 7.02. The molecule has 3 aromatic rings. The predicted octanol–water partition coefficient (Wildman–Crippen LogP) is 3.26. The van der Waals surface area contributed by atoms with Gasteiger partial charge in [0.2, 0.25) is 0 Å². The molecule has 0 unspecified atom stereocenters. The molecule has 3 rings (SSSR count). The molecule has 0 aliphatic carbocycles. The number of imidazole rings is 1. The van der Waals surface area contributed by atoms with Crippen molar-refractivity contribution >= 4 is 33.9 Å².